The largest absolute Gasteiger partial charge is 0.512 e. The van der Waals surface area contributed by atoms with Gasteiger partial charge >= 0.3 is 8.56 Å². The smallest absolute Gasteiger partial charge is 0.454 e. The zero-order valence-electron chi connectivity index (χ0n) is 11.9. The summed E-state index contributed by atoms with van der Waals surface area (Å²) in [4.78, 5) is 0. The van der Waals surface area contributed by atoms with Gasteiger partial charge in [0.15, 0.2) is 0 Å². The molecular weight excluding hydrogens is 441 g/mol. The lowest BCUT2D eigenvalue weighted by molar-refractivity contribution is 0.400. The Morgan fingerprint density at radius 1 is 0.609 bits per heavy atom. The monoisotopic (exact) mass is 448 g/mol. The van der Waals surface area contributed by atoms with E-state index in [2.05, 4.69) is 0 Å². The number of hydrogen-bond acceptors (Lipinski definition) is 2. The van der Waals surface area contributed by atoms with Crippen LogP contribution in [0.3, 0.4) is 0 Å². The molecule has 0 aliphatic heterocycles. The van der Waals surface area contributed by atoms with E-state index in [4.69, 9.17) is 78.5 Å². The maximum atomic E-state index is 6.00. The SMILES string of the molecule is C[Si](C)(Oc1cc(Cl)c(Cl)c(Cl)c1)Oc1cc(Cl)c(Cl)c(Cl)c1. The molecule has 0 aliphatic carbocycles. The van der Waals surface area contributed by atoms with E-state index in [1.54, 1.807) is 24.3 Å². The summed E-state index contributed by atoms with van der Waals surface area (Å²) in [7, 11) is -2.63. The molecule has 0 bridgehead atoms. The Labute approximate surface area is 165 Å². The molecule has 0 heterocycles. The number of benzene rings is 2. The third-order valence-electron chi connectivity index (χ3n) is 2.64. The molecule has 2 rings (SSSR count). The van der Waals surface area contributed by atoms with Crippen molar-refractivity contribution in [1.82, 2.24) is 0 Å². The van der Waals surface area contributed by atoms with Gasteiger partial charge in [-0.05, 0) is 24.3 Å². The van der Waals surface area contributed by atoms with Crippen molar-refractivity contribution < 1.29 is 8.85 Å². The first-order valence-corrected chi connectivity index (χ1v) is 11.3. The van der Waals surface area contributed by atoms with Crippen LogP contribution in [0, 0.1) is 0 Å². The third-order valence-corrected chi connectivity index (χ3v) is 6.49. The van der Waals surface area contributed by atoms with Crippen molar-refractivity contribution in [2.24, 2.45) is 0 Å². The van der Waals surface area contributed by atoms with Crippen molar-refractivity contribution in [2.75, 3.05) is 0 Å². The molecule has 2 nitrogen and oxygen atoms in total. The van der Waals surface area contributed by atoms with Crippen LogP contribution in [0.2, 0.25) is 43.2 Å². The lowest BCUT2D eigenvalue weighted by atomic mass is 10.3. The maximum absolute atomic E-state index is 6.00. The van der Waals surface area contributed by atoms with Crippen molar-refractivity contribution in [2.45, 2.75) is 13.1 Å². The third kappa shape index (κ3) is 4.99. The van der Waals surface area contributed by atoms with E-state index in [1.807, 2.05) is 13.1 Å². The highest BCUT2D eigenvalue weighted by atomic mass is 35.5. The van der Waals surface area contributed by atoms with Crippen molar-refractivity contribution in [3.63, 3.8) is 0 Å². The van der Waals surface area contributed by atoms with Gasteiger partial charge in [0.2, 0.25) is 0 Å². The zero-order valence-corrected chi connectivity index (χ0v) is 17.4. The summed E-state index contributed by atoms with van der Waals surface area (Å²) >= 11 is 35.8. The molecule has 2 aromatic rings. The van der Waals surface area contributed by atoms with E-state index in [0.29, 0.717) is 31.6 Å². The summed E-state index contributed by atoms with van der Waals surface area (Å²) in [6.45, 7) is 3.69. The summed E-state index contributed by atoms with van der Waals surface area (Å²) in [5.74, 6) is 0.930. The van der Waals surface area contributed by atoms with Crippen molar-refractivity contribution >= 4 is 78.2 Å². The van der Waals surface area contributed by atoms with E-state index in [1.165, 1.54) is 0 Å². The first kappa shape index (κ1) is 19.3. The maximum Gasteiger partial charge on any atom is 0.454 e. The molecule has 0 aliphatic rings. The minimum absolute atomic E-state index is 0.275. The van der Waals surface area contributed by atoms with Gasteiger partial charge in [0, 0.05) is 13.1 Å². The molecule has 0 saturated carbocycles. The molecular formula is C14H10Cl6O2Si. The van der Waals surface area contributed by atoms with Crippen LogP contribution in [0.1, 0.15) is 0 Å². The van der Waals surface area contributed by atoms with Crippen LogP contribution < -0.4 is 8.85 Å². The van der Waals surface area contributed by atoms with Crippen LogP contribution in [0.15, 0.2) is 24.3 Å². The Bertz CT molecular complexity index is 643. The molecule has 0 spiro atoms. The summed E-state index contributed by atoms with van der Waals surface area (Å²) in [5, 5.41) is 1.76. The Hall–Kier alpha value is -0.00312. The normalized spacial score (nSPS) is 11.5. The van der Waals surface area contributed by atoms with Gasteiger partial charge in [-0.3, -0.25) is 0 Å². The van der Waals surface area contributed by atoms with E-state index in [-0.39, 0.29) is 10.0 Å². The molecule has 0 N–H and O–H groups in total. The van der Waals surface area contributed by atoms with E-state index in [9.17, 15) is 0 Å². The summed E-state index contributed by atoms with van der Waals surface area (Å²) in [6, 6.07) is 6.32. The molecule has 0 aromatic heterocycles. The zero-order chi connectivity index (χ0) is 17.4. The Morgan fingerprint density at radius 3 is 1.13 bits per heavy atom. The highest BCUT2D eigenvalue weighted by Crippen LogP contribution is 2.37. The van der Waals surface area contributed by atoms with E-state index in [0.717, 1.165) is 0 Å². The van der Waals surface area contributed by atoms with E-state index < -0.39 is 8.56 Å². The van der Waals surface area contributed by atoms with Gasteiger partial charge in [-0.15, -0.1) is 0 Å². The second-order valence-corrected chi connectivity index (χ2v) is 10.6. The molecule has 2 aromatic carbocycles. The standard InChI is InChI=1S/C14H10Cl6O2Si/c1-23(2,21-7-3-9(15)13(19)10(16)4-7)22-8-5-11(17)14(20)12(18)6-8/h3-6H,1-2H3. The Balaban J connectivity index is 2.22. The molecule has 9 heteroatoms. The highest BCUT2D eigenvalue weighted by Gasteiger charge is 2.30. The molecule has 0 radical (unpaired) electrons. The lowest BCUT2D eigenvalue weighted by Gasteiger charge is -2.25. The molecule has 0 atom stereocenters. The van der Waals surface area contributed by atoms with Crippen molar-refractivity contribution in [3.05, 3.63) is 54.4 Å². The lowest BCUT2D eigenvalue weighted by Crippen LogP contribution is -2.41. The van der Waals surface area contributed by atoms with Gasteiger partial charge in [-0.1, -0.05) is 69.6 Å². The van der Waals surface area contributed by atoms with Gasteiger partial charge < -0.3 is 8.85 Å². The second-order valence-electron chi connectivity index (χ2n) is 5.01. The molecule has 0 amide bonds. The molecule has 124 valence electrons. The average Bonchev–Trinajstić information content (AvgIpc) is 2.41. The van der Waals surface area contributed by atoms with Crippen LogP contribution in [0.4, 0.5) is 0 Å². The van der Waals surface area contributed by atoms with E-state index >= 15 is 0 Å². The molecule has 23 heavy (non-hydrogen) atoms. The van der Waals surface area contributed by atoms with Gasteiger partial charge in [-0.2, -0.15) is 0 Å². The topological polar surface area (TPSA) is 18.5 Å². The van der Waals surface area contributed by atoms with Crippen LogP contribution in [0.25, 0.3) is 0 Å². The number of halogens is 6. The predicted octanol–water partition coefficient (Wildman–Crippen LogP) is 7.77. The summed E-state index contributed by atoms with van der Waals surface area (Å²) < 4.78 is 11.8. The highest BCUT2D eigenvalue weighted by molar-refractivity contribution is 6.66. The minimum Gasteiger partial charge on any atom is -0.512 e. The Morgan fingerprint density at radius 2 is 0.870 bits per heavy atom. The van der Waals surface area contributed by atoms with Crippen LogP contribution in [-0.2, 0) is 0 Å². The fourth-order valence-electron chi connectivity index (χ4n) is 1.77. The summed E-state index contributed by atoms with van der Waals surface area (Å²) in [5.41, 5.74) is 0. The van der Waals surface area contributed by atoms with Crippen LogP contribution in [-0.4, -0.2) is 8.56 Å². The van der Waals surface area contributed by atoms with Gasteiger partial charge in [0.1, 0.15) is 11.5 Å². The second kappa shape index (κ2) is 7.48. The molecule has 0 unspecified atom stereocenters. The number of hydrogen-bond donors (Lipinski definition) is 0. The van der Waals surface area contributed by atoms with Crippen LogP contribution in [0.5, 0.6) is 11.5 Å². The summed E-state index contributed by atoms with van der Waals surface area (Å²) in [6.07, 6.45) is 0. The first-order chi connectivity index (χ1) is 10.6. The fraction of sp³-hybridized carbons (Fsp3) is 0.143. The van der Waals surface area contributed by atoms with Crippen molar-refractivity contribution in [1.29, 1.82) is 0 Å². The molecule has 0 saturated heterocycles. The molecule has 0 fully saturated rings. The fourth-order valence-corrected chi connectivity index (χ4v) is 4.34. The minimum atomic E-state index is -2.63. The predicted molar refractivity (Wildman–Crippen MR) is 102 cm³/mol. The van der Waals surface area contributed by atoms with Gasteiger partial charge in [-0.25, -0.2) is 0 Å². The first-order valence-electron chi connectivity index (χ1n) is 6.26. The van der Waals surface area contributed by atoms with Crippen molar-refractivity contribution in [3.8, 4) is 11.5 Å². The van der Waals surface area contributed by atoms with Gasteiger partial charge in [0.05, 0.1) is 30.1 Å². The van der Waals surface area contributed by atoms with Gasteiger partial charge in [0.25, 0.3) is 0 Å². The average molecular weight is 451 g/mol. The van der Waals surface area contributed by atoms with Crippen LogP contribution >= 0.6 is 69.6 Å². The Kier molecular flexibility index (Phi) is 6.29. The number of rotatable bonds is 4. The quantitative estimate of drug-likeness (QED) is 0.350.